The molecule has 0 radical (unpaired) electrons. The lowest BCUT2D eigenvalue weighted by molar-refractivity contribution is -0.132. The summed E-state index contributed by atoms with van der Waals surface area (Å²) in [5, 5.41) is 0. The fourth-order valence-electron chi connectivity index (χ4n) is 3.90. The van der Waals surface area contributed by atoms with Gasteiger partial charge in [-0.3, -0.25) is 9.59 Å². The van der Waals surface area contributed by atoms with Crippen molar-refractivity contribution < 1.29 is 14.3 Å². The van der Waals surface area contributed by atoms with Crippen molar-refractivity contribution in [1.29, 1.82) is 0 Å². The number of carbonyl (C=O) groups excluding carboxylic acids is 2. The normalized spacial score (nSPS) is 13.8. The molecule has 3 aromatic rings. The number of carbonyl (C=O) groups is 2. The molecule has 0 saturated carbocycles. The Balaban J connectivity index is 0.000000338. The van der Waals surface area contributed by atoms with Gasteiger partial charge in [0.15, 0.2) is 0 Å². The maximum Gasteiger partial charge on any atom is 0.253 e. The van der Waals surface area contributed by atoms with Crippen LogP contribution in [0.25, 0.3) is 16.9 Å². The number of hydrogen-bond donors (Lipinski definition) is 0. The van der Waals surface area contributed by atoms with Gasteiger partial charge in [0.2, 0.25) is 5.91 Å². The lowest BCUT2D eigenvalue weighted by Gasteiger charge is -2.25. The first kappa shape index (κ1) is 29.6. The highest BCUT2D eigenvalue weighted by Gasteiger charge is 2.22. The number of fused-ring (bicyclic) bond motifs is 1. The molecule has 1 aromatic carbocycles. The third-order valence-electron chi connectivity index (χ3n) is 6.20. The Hall–Kier alpha value is -1.000. The number of rotatable bonds is 4. The van der Waals surface area contributed by atoms with Crippen molar-refractivity contribution in [1.82, 2.24) is 19.2 Å². The molecule has 0 aliphatic carbocycles. The molecule has 0 unspecified atom stereocenters. The van der Waals surface area contributed by atoms with Crippen molar-refractivity contribution in [3.63, 3.8) is 0 Å². The molecule has 36 heavy (non-hydrogen) atoms. The summed E-state index contributed by atoms with van der Waals surface area (Å²) in [6, 6.07) is 10.2. The predicted molar refractivity (Wildman–Crippen MR) is 170 cm³/mol. The van der Waals surface area contributed by atoms with Gasteiger partial charge in [0.25, 0.3) is 5.91 Å². The van der Waals surface area contributed by atoms with E-state index in [1.54, 1.807) is 16.7 Å². The Bertz CT molecular complexity index is 1250. The van der Waals surface area contributed by atoms with E-state index in [-0.39, 0.29) is 11.2 Å². The highest BCUT2D eigenvalue weighted by molar-refractivity contribution is 14.3. The van der Waals surface area contributed by atoms with Gasteiger partial charge in [0.1, 0.15) is 5.08 Å². The van der Waals surface area contributed by atoms with E-state index in [1.165, 1.54) is 5.56 Å². The zero-order valence-corrected chi connectivity index (χ0v) is 27.6. The van der Waals surface area contributed by atoms with E-state index >= 15 is 0 Å². The van der Waals surface area contributed by atoms with E-state index in [9.17, 15) is 9.59 Å². The Morgan fingerprint density at radius 1 is 1.11 bits per heavy atom. The highest BCUT2D eigenvalue weighted by Crippen LogP contribution is 2.46. The molecule has 1 saturated heterocycles. The van der Waals surface area contributed by atoms with Gasteiger partial charge >= 0.3 is 0 Å². The number of aryl methyl sites for hydroxylation is 2. The molecule has 4 rings (SSSR count). The number of alkyl halides is 3. The van der Waals surface area contributed by atoms with E-state index in [0.29, 0.717) is 25.3 Å². The zero-order valence-electron chi connectivity index (χ0n) is 21.1. The zero-order chi connectivity index (χ0) is 26.6. The van der Waals surface area contributed by atoms with Crippen molar-refractivity contribution in [2.45, 2.75) is 27.1 Å². The fraction of sp³-hybridized carbons (Fsp3) is 0.423. The summed E-state index contributed by atoms with van der Waals surface area (Å²) in [7, 11) is 1.82. The minimum atomic E-state index is -0.00171. The fourth-order valence-corrected chi connectivity index (χ4v) is 4.91. The van der Waals surface area contributed by atoms with Gasteiger partial charge in [-0.25, -0.2) is 4.98 Å². The van der Waals surface area contributed by atoms with E-state index in [1.807, 2.05) is 39.1 Å². The van der Waals surface area contributed by atoms with Crippen LogP contribution in [-0.2, 0) is 8.97 Å². The second kappa shape index (κ2) is 12.7. The number of amides is 2. The molecule has 194 valence electrons. The third kappa shape index (κ3) is 7.10. The van der Waals surface area contributed by atoms with Crippen LogP contribution in [0.4, 0.5) is 0 Å². The molecule has 2 amide bonds. The van der Waals surface area contributed by atoms with Crippen molar-refractivity contribution >= 4 is 85.2 Å². The standard InChI is InChI=1S/C20H20I3N3O.C6H11NO2/c1-5-25(4)19(27)14-6-7-16(12(2)10-14)18-13(3)26-9-8-15(20(21,22)23)11-17(26)24-18;1-6(8)7-2-4-9-5-3-7/h6-11H,5H2,1-4H3;2-5H2,1H3. The Morgan fingerprint density at radius 2 is 1.78 bits per heavy atom. The number of pyridine rings is 1. The molecule has 0 N–H and O–H groups in total. The first-order valence-corrected chi connectivity index (χ1v) is 14.9. The van der Waals surface area contributed by atoms with Crippen LogP contribution in [0.1, 0.15) is 41.0 Å². The second-order valence-corrected chi connectivity index (χ2v) is 19.7. The minimum Gasteiger partial charge on any atom is -0.378 e. The molecule has 2 aromatic heterocycles. The average Bonchev–Trinajstić information content (AvgIpc) is 3.18. The van der Waals surface area contributed by atoms with Crippen molar-refractivity contribution in [3.05, 3.63) is 58.9 Å². The first-order chi connectivity index (χ1) is 16.9. The summed E-state index contributed by atoms with van der Waals surface area (Å²) >= 11 is 7.28. The van der Waals surface area contributed by atoms with Gasteiger partial charge in [-0.2, -0.15) is 0 Å². The van der Waals surface area contributed by atoms with Crippen molar-refractivity contribution in [3.8, 4) is 11.3 Å². The number of morpholine rings is 1. The minimum absolute atomic E-state index is 0.00171. The molecule has 0 bridgehead atoms. The highest BCUT2D eigenvalue weighted by atomic mass is 127. The second-order valence-electron chi connectivity index (χ2n) is 8.65. The number of nitrogens with zero attached hydrogens (tertiary/aromatic N) is 4. The molecule has 1 aliphatic heterocycles. The van der Waals surface area contributed by atoms with Crippen molar-refractivity contribution in [2.24, 2.45) is 0 Å². The monoisotopic (exact) mass is 828 g/mol. The largest absolute Gasteiger partial charge is 0.378 e. The van der Waals surface area contributed by atoms with Crippen LogP contribution in [0, 0.1) is 13.8 Å². The molecule has 10 heteroatoms. The van der Waals surface area contributed by atoms with Gasteiger partial charge in [-0.15, -0.1) is 0 Å². The molecule has 3 heterocycles. The molecule has 0 atom stereocenters. The number of benzene rings is 1. The maximum atomic E-state index is 12.4. The lowest BCUT2D eigenvalue weighted by atomic mass is 10.0. The topological polar surface area (TPSA) is 67.2 Å². The molecule has 1 aliphatic rings. The van der Waals surface area contributed by atoms with Crippen LogP contribution in [0.5, 0.6) is 0 Å². The van der Waals surface area contributed by atoms with E-state index in [0.717, 1.165) is 41.3 Å². The number of halogens is 3. The Labute approximate surface area is 253 Å². The summed E-state index contributed by atoms with van der Waals surface area (Å²) in [6.07, 6.45) is 2.09. The van der Waals surface area contributed by atoms with Gasteiger partial charge in [0.05, 0.1) is 18.9 Å². The smallest absolute Gasteiger partial charge is 0.253 e. The number of ether oxygens (including phenoxy) is 1. The van der Waals surface area contributed by atoms with E-state index in [4.69, 9.17) is 9.72 Å². The van der Waals surface area contributed by atoms with Crippen LogP contribution in [0.3, 0.4) is 0 Å². The van der Waals surface area contributed by atoms with E-state index in [2.05, 4.69) is 97.4 Å². The summed E-state index contributed by atoms with van der Waals surface area (Å²) < 4.78 is 7.18. The molecule has 1 fully saturated rings. The molecule has 7 nitrogen and oxygen atoms in total. The maximum absolute atomic E-state index is 12.4. The lowest BCUT2D eigenvalue weighted by Crippen LogP contribution is -2.39. The van der Waals surface area contributed by atoms with Crippen LogP contribution in [0.15, 0.2) is 36.5 Å². The number of hydrogen-bond acceptors (Lipinski definition) is 4. The number of imidazole rings is 1. The van der Waals surface area contributed by atoms with Crippen LogP contribution >= 0.6 is 67.8 Å². The van der Waals surface area contributed by atoms with Crippen LogP contribution < -0.4 is 0 Å². The summed E-state index contributed by atoms with van der Waals surface area (Å²) in [4.78, 5) is 31.5. The van der Waals surface area contributed by atoms with Gasteiger partial charge < -0.3 is 18.9 Å². The Morgan fingerprint density at radius 3 is 2.31 bits per heavy atom. The van der Waals surface area contributed by atoms with Crippen LogP contribution in [0.2, 0.25) is 0 Å². The van der Waals surface area contributed by atoms with Gasteiger partial charge in [0, 0.05) is 56.6 Å². The number of aromatic nitrogens is 2. The van der Waals surface area contributed by atoms with Crippen molar-refractivity contribution in [2.75, 3.05) is 39.9 Å². The van der Waals surface area contributed by atoms with Gasteiger partial charge in [-0.05, 0) is 124 Å². The van der Waals surface area contributed by atoms with E-state index < -0.39 is 0 Å². The first-order valence-electron chi connectivity index (χ1n) is 11.7. The molecule has 0 spiro atoms. The van der Waals surface area contributed by atoms with Gasteiger partial charge in [-0.1, -0.05) is 6.07 Å². The average molecular weight is 828 g/mol. The summed E-state index contributed by atoms with van der Waals surface area (Å²) in [5.41, 5.74) is 7.09. The summed E-state index contributed by atoms with van der Waals surface area (Å²) in [5.74, 6) is 0.198. The molecular weight excluding hydrogens is 797 g/mol. The molecular formula is C26H31I3N4O3. The quantitative estimate of drug-likeness (QED) is 0.240. The van der Waals surface area contributed by atoms with Crippen LogP contribution in [-0.4, -0.2) is 70.9 Å². The Kier molecular flexibility index (Phi) is 10.4. The summed E-state index contributed by atoms with van der Waals surface area (Å²) in [6.45, 7) is 11.3. The third-order valence-corrected chi connectivity index (χ3v) is 8.07. The SMILES string of the molecule is CC(=O)N1CCOCC1.CCN(C)C(=O)c1ccc(-c2nc3cc(C(I)(I)I)ccn3c2C)c(C)c1. The predicted octanol–water partition coefficient (Wildman–Crippen LogP) is 5.99.